The van der Waals surface area contributed by atoms with Crippen LogP contribution in [0.3, 0.4) is 0 Å². The Morgan fingerprint density at radius 3 is 1.04 bits per heavy atom. The Morgan fingerprint density at radius 2 is 0.792 bits per heavy atom. The van der Waals surface area contributed by atoms with Crippen LogP contribution in [0, 0.1) is 5.41 Å². The van der Waals surface area contributed by atoms with E-state index in [9.17, 15) is 14.4 Å². The number of thiocarbonyl (C=S) groups is 3. The summed E-state index contributed by atoms with van der Waals surface area (Å²) in [5.41, 5.74) is 1.88. The molecule has 0 aromatic heterocycles. The molecule has 3 rings (SSSR count). The second kappa shape index (κ2) is 22.2. The van der Waals surface area contributed by atoms with Crippen molar-refractivity contribution in [2.24, 2.45) is 5.41 Å². The van der Waals surface area contributed by atoms with Crippen molar-refractivity contribution in [3.63, 3.8) is 0 Å². The van der Waals surface area contributed by atoms with E-state index in [1.165, 1.54) is 35.3 Å². The molecular formula is C36H38O6S6. The summed E-state index contributed by atoms with van der Waals surface area (Å²) in [4.78, 5) is 38.2. The third-order valence-corrected chi connectivity index (χ3v) is 11.5. The van der Waals surface area contributed by atoms with Crippen LogP contribution in [0.1, 0.15) is 49.3 Å². The van der Waals surface area contributed by atoms with Gasteiger partial charge in [0.1, 0.15) is 19.8 Å². The summed E-state index contributed by atoms with van der Waals surface area (Å²) in [5.74, 6) is 0.142. The van der Waals surface area contributed by atoms with Gasteiger partial charge in [-0.05, 0) is 23.1 Å². The van der Waals surface area contributed by atoms with Gasteiger partial charge in [0, 0.05) is 17.3 Å². The summed E-state index contributed by atoms with van der Waals surface area (Å²) in [6.07, 6.45) is 0.879. The van der Waals surface area contributed by atoms with Gasteiger partial charge in [-0.15, -0.1) is 35.3 Å². The first kappa shape index (κ1) is 39.8. The van der Waals surface area contributed by atoms with Crippen LogP contribution in [0.2, 0.25) is 0 Å². The molecule has 254 valence electrons. The number of benzene rings is 3. The molecular weight excluding hydrogens is 721 g/mol. The lowest BCUT2D eigenvalue weighted by molar-refractivity contribution is -0.161. The zero-order valence-electron chi connectivity index (χ0n) is 26.6. The van der Waals surface area contributed by atoms with Crippen LogP contribution >= 0.6 is 71.9 Å². The molecule has 0 heterocycles. The third kappa shape index (κ3) is 14.9. The lowest BCUT2D eigenvalue weighted by atomic mass is 9.88. The van der Waals surface area contributed by atoms with Crippen molar-refractivity contribution in [3.05, 3.63) is 108 Å². The molecule has 0 amide bonds. The standard InChI is InChI=1S/C36H38O6S6/c1-2-36(24-40-30(37)18-21-46-33(43)27-12-6-3-7-13-27,25-41-31(38)19-22-47-34(44)28-14-8-4-9-15-28)26-42-32(39)20-23-48-35(45)29-16-10-5-11-17-29/h3-17H,2,18-26H2,1H3. The third-order valence-electron chi connectivity index (χ3n) is 7.01. The molecule has 0 fully saturated rings. The lowest BCUT2D eigenvalue weighted by Gasteiger charge is -2.31. The lowest BCUT2D eigenvalue weighted by Crippen LogP contribution is -2.39. The van der Waals surface area contributed by atoms with Crippen molar-refractivity contribution >= 4 is 102 Å². The molecule has 0 unspecified atom stereocenters. The van der Waals surface area contributed by atoms with Gasteiger partial charge in [-0.25, -0.2) is 0 Å². The van der Waals surface area contributed by atoms with Crippen molar-refractivity contribution in [1.29, 1.82) is 0 Å². The highest BCUT2D eigenvalue weighted by Crippen LogP contribution is 2.26. The molecule has 12 heteroatoms. The number of thioether (sulfide) groups is 3. The van der Waals surface area contributed by atoms with Gasteiger partial charge in [0.15, 0.2) is 0 Å². The molecule has 0 bridgehead atoms. The van der Waals surface area contributed by atoms with Gasteiger partial charge < -0.3 is 14.2 Å². The molecule has 48 heavy (non-hydrogen) atoms. The van der Waals surface area contributed by atoms with E-state index in [0.29, 0.717) is 36.3 Å². The first-order valence-electron chi connectivity index (χ1n) is 15.3. The summed E-state index contributed by atoms with van der Waals surface area (Å²) < 4.78 is 19.1. The van der Waals surface area contributed by atoms with Gasteiger partial charge in [0.25, 0.3) is 0 Å². The minimum absolute atomic E-state index is 0.0730. The van der Waals surface area contributed by atoms with E-state index in [0.717, 1.165) is 16.7 Å². The van der Waals surface area contributed by atoms with Crippen LogP contribution in [0.25, 0.3) is 0 Å². The minimum atomic E-state index is -0.910. The molecule has 0 aliphatic heterocycles. The van der Waals surface area contributed by atoms with E-state index in [-0.39, 0.29) is 39.1 Å². The van der Waals surface area contributed by atoms with E-state index in [1.807, 2.05) is 97.9 Å². The Kier molecular flexibility index (Phi) is 18.4. The number of hydrogen-bond donors (Lipinski definition) is 0. The van der Waals surface area contributed by atoms with E-state index in [1.54, 1.807) is 0 Å². The highest BCUT2D eigenvalue weighted by Gasteiger charge is 2.34. The van der Waals surface area contributed by atoms with Crippen molar-refractivity contribution in [2.45, 2.75) is 32.6 Å². The van der Waals surface area contributed by atoms with Crippen LogP contribution in [-0.4, -0.2) is 67.6 Å². The largest absolute Gasteiger partial charge is 0.465 e. The predicted molar refractivity (Wildman–Crippen MR) is 211 cm³/mol. The molecule has 0 radical (unpaired) electrons. The number of ether oxygens (including phenoxy) is 3. The molecule has 0 saturated carbocycles. The average molecular weight is 759 g/mol. The van der Waals surface area contributed by atoms with Gasteiger partial charge in [0.05, 0.1) is 37.3 Å². The quantitative estimate of drug-likeness (QED) is 0.0669. The number of carbonyl (C=O) groups excluding carboxylic acids is 3. The Balaban J connectivity index is 1.51. The maximum absolute atomic E-state index is 12.7. The second-order valence-electron chi connectivity index (χ2n) is 10.6. The van der Waals surface area contributed by atoms with Gasteiger partial charge in [0.2, 0.25) is 0 Å². The van der Waals surface area contributed by atoms with Crippen molar-refractivity contribution in [1.82, 2.24) is 0 Å². The first-order chi connectivity index (χ1) is 23.2. The van der Waals surface area contributed by atoms with E-state index >= 15 is 0 Å². The topological polar surface area (TPSA) is 78.9 Å². The fourth-order valence-corrected chi connectivity index (χ4v) is 7.43. The van der Waals surface area contributed by atoms with E-state index in [2.05, 4.69) is 0 Å². The molecule has 3 aromatic rings. The van der Waals surface area contributed by atoms with Crippen molar-refractivity contribution in [3.8, 4) is 0 Å². The monoisotopic (exact) mass is 758 g/mol. The van der Waals surface area contributed by atoms with Crippen LogP contribution in [-0.2, 0) is 28.6 Å². The summed E-state index contributed by atoms with van der Waals surface area (Å²) in [6.45, 7) is 1.66. The van der Waals surface area contributed by atoms with Crippen molar-refractivity contribution in [2.75, 3.05) is 37.1 Å². The Labute approximate surface area is 311 Å². The maximum Gasteiger partial charge on any atom is 0.306 e. The van der Waals surface area contributed by atoms with Gasteiger partial charge in [-0.2, -0.15) is 0 Å². The molecule has 0 aliphatic carbocycles. The summed E-state index contributed by atoms with van der Waals surface area (Å²) >= 11 is 20.6. The molecule has 0 atom stereocenters. The fourth-order valence-electron chi connectivity index (χ4n) is 4.00. The summed E-state index contributed by atoms with van der Waals surface area (Å²) in [7, 11) is 0. The fraction of sp³-hybridized carbons (Fsp3) is 0.333. The zero-order chi connectivity index (χ0) is 34.6. The van der Waals surface area contributed by atoms with Crippen LogP contribution in [0.4, 0.5) is 0 Å². The van der Waals surface area contributed by atoms with E-state index in [4.69, 9.17) is 50.9 Å². The molecule has 0 saturated heterocycles. The SMILES string of the molecule is CCC(COC(=O)CCSC(=S)c1ccccc1)(COC(=O)CCSC(=S)c1ccccc1)COC(=O)CCSC(=S)c1ccccc1. The molecule has 0 N–H and O–H groups in total. The molecule has 0 aliphatic rings. The average Bonchev–Trinajstić information content (AvgIpc) is 3.12. The maximum atomic E-state index is 12.7. The van der Waals surface area contributed by atoms with Crippen molar-refractivity contribution < 1.29 is 28.6 Å². The number of carbonyl (C=O) groups is 3. The molecule has 0 spiro atoms. The Morgan fingerprint density at radius 1 is 0.521 bits per heavy atom. The molecule has 3 aromatic carbocycles. The zero-order valence-corrected chi connectivity index (χ0v) is 31.5. The van der Waals surface area contributed by atoms with Gasteiger partial charge >= 0.3 is 17.9 Å². The highest BCUT2D eigenvalue weighted by atomic mass is 32.2. The Hall–Kier alpha value is -2.61. The highest BCUT2D eigenvalue weighted by molar-refractivity contribution is 8.24. The summed E-state index contributed by atoms with van der Waals surface area (Å²) in [6, 6.07) is 28.8. The number of rotatable bonds is 19. The smallest absolute Gasteiger partial charge is 0.306 e. The van der Waals surface area contributed by atoms with Gasteiger partial charge in [-0.3, -0.25) is 14.4 Å². The predicted octanol–water partition coefficient (Wildman–Crippen LogP) is 8.51. The number of hydrogen-bond acceptors (Lipinski definition) is 12. The first-order valence-corrected chi connectivity index (χ1v) is 19.5. The normalized spacial score (nSPS) is 10.9. The van der Waals surface area contributed by atoms with E-state index < -0.39 is 23.3 Å². The number of esters is 3. The molecule has 6 nitrogen and oxygen atoms in total. The van der Waals surface area contributed by atoms with Crippen LogP contribution in [0.15, 0.2) is 91.0 Å². The minimum Gasteiger partial charge on any atom is -0.465 e. The van der Waals surface area contributed by atoms with Crippen LogP contribution < -0.4 is 0 Å². The summed E-state index contributed by atoms with van der Waals surface area (Å²) in [5, 5.41) is 0. The second-order valence-corrected chi connectivity index (χ2v) is 15.9. The van der Waals surface area contributed by atoms with Crippen LogP contribution in [0.5, 0.6) is 0 Å². The Bertz CT molecular complexity index is 1320. The van der Waals surface area contributed by atoms with Gasteiger partial charge in [-0.1, -0.05) is 135 Å².